The number of thiophene rings is 1. The van der Waals surface area contributed by atoms with E-state index in [0.717, 1.165) is 28.5 Å². The number of hydrogen-bond donors (Lipinski definition) is 0. The van der Waals surface area contributed by atoms with Crippen molar-refractivity contribution in [3.63, 3.8) is 0 Å². The highest BCUT2D eigenvalue weighted by atomic mass is 32.1. The van der Waals surface area contributed by atoms with Gasteiger partial charge in [-0.25, -0.2) is 0 Å². The van der Waals surface area contributed by atoms with Crippen LogP contribution in [0.4, 0.5) is 13.2 Å². The molecule has 2 bridgehead atoms. The number of alkyl halides is 3. The zero-order valence-corrected chi connectivity index (χ0v) is 15.9. The molecule has 0 aromatic carbocycles. The summed E-state index contributed by atoms with van der Waals surface area (Å²) in [6.45, 7) is 1.79. The SMILES string of the molecule is Cc1sc(-c2cc(C(F)(F)F)n(C)n2)cc1C1C(=O)C2[C@@H](C1=O)[C@@H]1CC[C@H]2O1.[HH]. The zero-order chi connectivity index (χ0) is 20.0. The monoisotopic (exact) mass is 412 g/mol. The fourth-order valence-corrected chi connectivity index (χ4v) is 6.01. The minimum absolute atomic E-state index is 0. The molecule has 150 valence electrons. The second-order valence-electron chi connectivity index (χ2n) is 7.74. The van der Waals surface area contributed by atoms with E-state index in [0.29, 0.717) is 10.4 Å². The Bertz CT molecular complexity index is 987. The van der Waals surface area contributed by atoms with Gasteiger partial charge >= 0.3 is 6.18 Å². The van der Waals surface area contributed by atoms with Gasteiger partial charge in [-0.15, -0.1) is 11.3 Å². The first-order valence-corrected chi connectivity index (χ1v) is 9.93. The highest BCUT2D eigenvalue weighted by Crippen LogP contribution is 2.53. The minimum atomic E-state index is -4.50. The predicted molar refractivity (Wildman–Crippen MR) is 96.0 cm³/mol. The van der Waals surface area contributed by atoms with Crippen LogP contribution in [-0.4, -0.2) is 33.6 Å². The standard InChI is InChI=1S/C19H17F3N2O3S.H2/c1-7-8(5-12(28-7)9-6-13(19(20,21)22)24(2)23-9)14-17(25)15-10-3-4-11(27-10)16(15)18(14)26;/h5-6,10-11,14-16H,3-4H2,1-2H3;1H/t10-,11+,14?,15-,16?;/m0./s1. The predicted octanol–water partition coefficient (Wildman–Crippen LogP) is 3.75. The van der Waals surface area contributed by atoms with Gasteiger partial charge < -0.3 is 4.74 Å². The Kier molecular flexibility index (Phi) is 3.71. The maximum atomic E-state index is 13.1. The van der Waals surface area contributed by atoms with Crippen molar-refractivity contribution in [2.24, 2.45) is 18.9 Å². The van der Waals surface area contributed by atoms with Crippen molar-refractivity contribution in [2.75, 3.05) is 0 Å². The van der Waals surface area contributed by atoms with Crippen molar-refractivity contribution in [3.8, 4) is 10.6 Å². The molecule has 3 fully saturated rings. The lowest BCUT2D eigenvalue weighted by Crippen LogP contribution is -2.29. The van der Waals surface area contributed by atoms with Crippen molar-refractivity contribution < 1.29 is 28.9 Å². The highest BCUT2D eigenvalue weighted by Gasteiger charge is 2.63. The van der Waals surface area contributed by atoms with Crippen molar-refractivity contribution >= 4 is 22.9 Å². The highest BCUT2D eigenvalue weighted by molar-refractivity contribution is 7.15. The van der Waals surface area contributed by atoms with Crippen molar-refractivity contribution in [3.05, 3.63) is 28.3 Å². The third-order valence-corrected chi connectivity index (χ3v) is 7.28. The molecule has 5 atom stereocenters. The van der Waals surface area contributed by atoms with E-state index in [1.54, 1.807) is 13.0 Å². The summed E-state index contributed by atoms with van der Waals surface area (Å²) in [7, 11) is 1.24. The molecule has 0 amide bonds. The molecule has 2 saturated heterocycles. The fourth-order valence-electron chi connectivity index (χ4n) is 4.99. The summed E-state index contributed by atoms with van der Waals surface area (Å²) in [6, 6.07) is 2.66. The Morgan fingerprint density at radius 1 is 1.18 bits per heavy atom. The summed E-state index contributed by atoms with van der Waals surface area (Å²) < 4.78 is 45.7. The molecule has 0 N–H and O–H groups in total. The molecule has 5 rings (SSSR count). The van der Waals surface area contributed by atoms with Crippen LogP contribution in [0.1, 0.15) is 36.3 Å². The lowest BCUT2D eigenvalue weighted by Gasteiger charge is -2.16. The fraction of sp³-hybridized carbons (Fsp3) is 0.526. The number of aryl methyl sites for hydroxylation is 2. The molecule has 4 heterocycles. The van der Waals surface area contributed by atoms with E-state index in [2.05, 4.69) is 5.10 Å². The summed E-state index contributed by atoms with van der Waals surface area (Å²) in [6.07, 6.45) is -3.22. The topological polar surface area (TPSA) is 61.2 Å². The third-order valence-electron chi connectivity index (χ3n) is 6.19. The first-order valence-electron chi connectivity index (χ1n) is 9.11. The Labute approximate surface area is 164 Å². The number of fused-ring (bicyclic) bond motifs is 5. The molecule has 1 saturated carbocycles. The van der Waals surface area contributed by atoms with E-state index in [9.17, 15) is 22.8 Å². The quantitative estimate of drug-likeness (QED) is 0.705. The third kappa shape index (κ3) is 2.38. The number of carbonyl (C=O) groups is 2. The van der Waals surface area contributed by atoms with Crippen molar-refractivity contribution in [1.29, 1.82) is 0 Å². The average molecular weight is 412 g/mol. The second-order valence-corrected chi connectivity index (χ2v) is 8.99. The van der Waals surface area contributed by atoms with Gasteiger partial charge in [0.2, 0.25) is 0 Å². The smallest absolute Gasteiger partial charge is 0.373 e. The number of hydrogen-bond acceptors (Lipinski definition) is 5. The molecule has 5 nitrogen and oxygen atoms in total. The van der Waals surface area contributed by atoms with Crippen LogP contribution in [0.5, 0.6) is 0 Å². The molecular formula is C19H19F3N2O3S. The first kappa shape index (κ1) is 18.1. The lowest BCUT2D eigenvalue weighted by atomic mass is 9.81. The van der Waals surface area contributed by atoms with Gasteiger partial charge in [0.25, 0.3) is 0 Å². The van der Waals surface area contributed by atoms with Crippen LogP contribution in [-0.2, 0) is 27.5 Å². The molecular weight excluding hydrogens is 393 g/mol. The maximum absolute atomic E-state index is 13.1. The van der Waals surface area contributed by atoms with Crippen LogP contribution >= 0.6 is 11.3 Å². The number of carbonyl (C=O) groups excluding carboxylic acids is 2. The number of Topliss-reactive ketones (excluding diaryl/α,β-unsaturated/α-hetero) is 2. The summed E-state index contributed by atoms with van der Waals surface area (Å²) in [5.41, 5.74) is -0.0509. The number of rotatable bonds is 2. The molecule has 1 aliphatic carbocycles. The minimum Gasteiger partial charge on any atom is -0.373 e. The van der Waals surface area contributed by atoms with Gasteiger partial charge in [0.1, 0.15) is 17.3 Å². The van der Waals surface area contributed by atoms with Gasteiger partial charge in [0.15, 0.2) is 11.6 Å². The van der Waals surface area contributed by atoms with Crippen LogP contribution in [0.3, 0.4) is 0 Å². The molecule has 2 aliphatic heterocycles. The van der Waals surface area contributed by atoms with E-state index in [4.69, 9.17) is 4.74 Å². The summed E-state index contributed by atoms with van der Waals surface area (Å²) in [5.74, 6) is -1.78. The van der Waals surface area contributed by atoms with Gasteiger partial charge in [0.05, 0.1) is 28.9 Å². The number of halogens is 3. The molecule has 9 heteroatoms. The van der Waals surface area contributed by atoms with Crippen LogP contribution in [0, 0.1) is 18.8 Å². The first-order chi connectivity index (χ1) is 13.2. The number of ether oxygens (including phenoxy) is 1. The largest absolute Gasteiger partial charge is 0.433 e. The van der Waals surface area contributed by atoms with E-state index in [1.807, 2.05) is 0 Å². The van der Waals surface area contributed by atoms with E-state index < -0.39 is 17.8 Å². The van der Waals surface area contributed by atoms with Gasteiger partial charge in [0, 0.05) is 13.4 Å². The van der Waals surface area contributed by atoms with Crippen molar-refractivity contribution in [1.82, 2.24) is 9.78 Å². The Balaban J connectivity index is 0.00000205. The lowest BCUT2D eigenvalue weighted by molar-refractivity contribution is -0.143. The van der Waals surface area contributed by atoms with E-state index >= 15 is 0 Å². The molecule has 28 heavy (non-hydrogen) atoms. The summed E-state index contributed by atoms with van der Waals surface area (Å²) in [4.78, 5) is 27.3. The van der Waals surface area contributed by atoms with Gasteiger partial charge in [-0.3, -0.25) is 14.3 Å². The summed E-state index contributed by atoms with van der Waals surface area (Å²) >= 11 is 1.26. The van der Waals surface area contributed by atoms with Gasteiger partial charge in [-0.2, -0.15) is 18.3 Å². The average Bonchev–Trinajstić information content (AvgIpc) is 3.38. The van der Waals surface area contributed by atoms with Crippen LogP contribution in [0.15, 0.2) is 12.1 Å². The Hall–Kier alpha value is -2.00. The number of nitrogens with zero attached hydrogens (tertiary/aromatic N) is 2. The number of aromatic nitrogens is 2. The molecule has 0 spiro atoms. The molecule has 3 aliphatic rings. The maximum Gasteiger partial charge on any atom is 0.433 e. The van der Waals surface area contributed by atoms with E-state index in [-0.39, 0.29) is 42.7 Å². The van der Waals surface area contributed by atoms with Crippen LogP contribution in [0.25, 0.3) is 10.6 Å². The molecule has 2 unspecified atom stereocenters. The van der Waals surface area contributed by atoms with Crippen LogP contribution in [0.2, 0.25) is 0 Å². The zero-order valence-electron chi connectivity index (χ0n) is 15.1. The number of ketones is 2. The molecule has 2 aromatic rings. The molecule has 2 aromatic heterocycles. The second kappa shape index (κ2) is 5.76. The Morgan fingerprint density at radius 2 is 1.79 bits per heavy atom. The van der Waals surface area contributed by atoms with Crippen LogP contribution < -0.4 is 0 Å². The van der Waals surface area contributed by atoms with E-state index in [1.165, 1.54) is 18.4 Å². The Morgan fingerprint density at radius 3 is 2.32 bits per heavy atom. The summed E-state index contributed by atoms with van der Waals surface area (Å²) in [5, 5.41) is 3.98. The van der Waals surface area contributed by atoms with Crippen molar-refractivity contribution in [2.45, 2.75) is 44.1 Å². The molecule has 0 radical (unpaired) electrons. The van der Waals surface area contributed by atoms with Gasteiger partial charge in [-0.05, 0) is 37.5 Å². The van der Waals surface area contributed by atoms with Gasteiger partial charge in [-0.1, -0.05) is 0 Å². The normalized spacial score (nSPS) is 31.8.